The average molecular weight is 517 g/mol. The first kappa shape index (κ1) is 21.1. The number of aromatic nitrogens is 2. The van der Waals surface area contributed by atoms with Crippen LogP contribution in [0, 0.1) is 0 Å². The molecule has 9 aromatic rings. The van der Waals surface area contributed by atoms with Crippen molar-refractivity contribution in [1.29, 1.82) is 0 Å². The normalized spacial score (nSPS) is 12.1. The van der Waals surface area contributed by atoms with E-state index in [0.717, 1.165) is 38.0 Å². The average Bonchev–Trinajstić information content (AvgIpc) is 3.68. The maximum absolute atomic E-state index is 6.13. The van der Waals surface area contributed by atoms with Crippen molar-refractivity contribution >= 4 is 76.1 Å². The van der Waals surface area contributed by atoms with Crippen molar-refractivity contribution in [3.8, 4) is 16.3 Å². The monoisotopic (exact) mass is 516 g/mol. The zero-order chi connectivity index (χ0) is 25.5. The predicted octanol–water partition coefficient (Wildman–Crippen LogP) is 10.1. The number of para-hydroxylation sites is 3. The van der Waals surface area contributed by atoms with Gasteiger partial charge < -0.3 is 8.98 Å². The summed E-state index contributed by atoms with van der Waals surface area (Å²) in [4.78, 5) is 5.23. The number of rotatable bonds is 2. The molecule has 9 rings (SSSR count). The van der Waals surface area contributed by atoms with Gasteiger partial charge in [0, 0.05) is 27.1 Å². The highest BCUT2D eigenvalue weighted by Crippen LogP contribution is 2.42. The Morgan fingerprint density at radius 3 is 1.95 bits per heavy atom. The van der Waals surface area contributed by atoms with Gasteiger partial charge in [-0.15, -0.1) is 11.3 Å². The van der Waals surface area contributed by atoms with Crippen molar-refractivity contribution in [2.24, 2.45) is 0 Å². The van der Waals surface area contributed by atoms with E-state index in [4.69, 9.17) is 9.40 Å². The molecule has 182 valence electrons. The highest BCUT2D eigenvalue weighted by Gasteiger charge is 2.18. The fourth-order valence-corrected chi connectivity index (χ4v) is 7.18. The maximum atomic E-state index is 6.13. The first-order chi connectivity index (χ1) is 19.3. The van der Waals surface area contributed by atoms with Gasteiger partial charge in [-0.2, -0.15) is 0 Å². The minimum atomic E-state index is 0.882. The van der Waals surface area contributed by atoms with Gasteiger partial charge >= 0.3 is 0 Å². The molecular weight excluding hydrogens is 496 g/mol. The van der Waals surface area contributed by atoms with Gasteiger partial charge in [0.05, 0.1) is 32.3 Å². The minimum absolute atomic E-state index is 0.882. The third-order valence-electron chi connectivity index (χ3n) is 7.85. The SMILES string of the molecule is c1ccc2c(c1)oc1ccc3sc(-c4ccc(-n5c6ccccc6c6ccccc65)c5ccccc45)nc3c12. The molecule has 0 atom stereocenters. The molecule has 0 saturated carbocycles. The third-order valence-corrected chi connectivity index (χ3v) is 8.91. The fraction of sp³-hybridized carbons (Fsp3) is 0. The molecule has 0 aliphatic heterocycles. The molecule has 0 unspecified atom stereocenters. The maximum Gasteiger partial charge on any atom is 0.137 e. The molecule has 0 N–H and O–H groups in total. The molecule has 0 saturated heterocycles. The lowest BCUT2D eigenvalue weighted by Crippen LogP contribution is -1.96. The second-order valence-electron chi connectivity index (χ2n) is 9.95. The minimum Gasteiger partial charge on any atom is -0.456 e. The molecule has 4 heteroatoms. The van der Waals surface area contributed by atoms with Gasteiger partial charge in [0.1, 0.15) is 16.2 Å². The van der Waals surface area contributed by atoms with Crippen LogP contribution in [0.5, 0.6) is 0 Å². The van der Waals surface area contributed by atoms with Gasteiger partial charge in [-0.3, -0.25) is 0 Å². The number of nitrogens with zero attached hydrogens (tertiary/aromatic N) is 2. The molecule has 0 amide bonds. The van der Waals surface area contributed by atoms with Gasteiger partial charge in [-0.1, -0.05) is 78.9 Å². The van der Waals surface area contributed by atoms with E-state index in [9.17, 15) is 0 Å². The summed E-state index contributed by atoms with van der Waals surface area (Å²) in [5.41, 5.74) is 7.54. The quantitative estimate of drug-likeness (QED) is 0.229. The van der Waals surface area contributed by atoms with E-state index in [1.165, 1.54) is 43.0 Å². The second-order valence-corrected chi connectivity index (χ2v) is 11.0. The number of thiazole rings is 1. The molecule has 0 aliphatic carbocycles. The highest BCUT2D eigenvalue weighted by molar-refractivity contribution is 7.21. The number of fused-ring (bicyclic) bond motifs is 9. The summed E-state index contributed by atoms with van der Waals surface area (Å²) in [5.74, 6) is 0. The number of benzene rings is 6. The lowest BCUT2D eigenvalue weighted by molar-refractivity contribution is 0.669. The predicted molar refractivity (Wildman–Crippen MR) is 164 cm³/mol. The van der Waals surface area contributed by atoms with Crippen molar-refractivity contribution in [2.75, 3.05) is 0 Å². The van der Waals surface area contributed by atoms with Crippen LogP contribution in [-0.4, -0.2) is 9.55 Å². The van der Waals surface area contributed by atoms with E-state index in [1.54, 1.807) is 11.3 Å². The van der Waals surface area contributed by atoms with Crippen molar-refractivity contribution in [1.82, 2.24) is 9.55 Å². The molecule has 6 aromatic carbocycles. The van der Waals surface area contributed by atoms with E-state index in [1.807, 2.05) is 12.1 Å². The Hall–Kier alpha value is -4.93. The highest BCUT2D eigenvalue weighted by atomic mass is 32.1. The van der Waals surface area contributed by atoms with Crippen molar-refractivity contribution < 1.29 is 4.42 Å². The molecule has 3 heterocycles. The Kier molecular flexibility index (Phi) is 4.21. The summed E-state index contributed by atoms with van der Waals surface area (Å²) >= 11 is 1.74. The molecule has 0 radical (unpaired) electrons. The molecule has 3 nitrogen and oxygen atoms in total. The number of hydrogen-bond acceptors (Lipinski definition) is 3. The van der Waals surface area contributed by atoms with Gasteiger partial charge in [0.15, 0.2) is 0 Å². The zero-order valence-electron chi connectivity index (χ0n) is 20.8. The van der Waals surface area contributed by atoms with E-state index >= 15 is 0 Å². The molecule has 39 heavy (non-hydrogen) atoms. The Labute approximate surface area is 227 Å². The van der Waals surface area contributed by atoms with Crippen LogP contribution < -0.4 is 0 Å². The molecule has 0 aliphatic rings. The van der Waals surface area contributed by atoms with Crippen LogP contribution in [0.15, 0.2) is 126 Å². The summed E-state index contributed by atoms with van der Waals surface area (Å²) in [6, 6.07) is 43.0. The largest absolute Gasteiger partial charge is 0.456 e. The summed E-state index contributed by atoms with van der Waals surface area (Å²) < 4.78 is 9.70. The third kappa shape index (κ3) is 2.89. The molecule has 0 fully saturated rings. The molecular formula is C35H20N2OS. The summed E-state index contributed by atoms with van der Waals surface area (Å²) in [7, 11) is 0. The van der Waals surface area contributed by atoms with Crippen LogP contribution >= 0.6 is 11.3 Å². The standard InChI is InChI=1S/C35H20N2OS/c1-2-10-22-21(9-1)25(17-18-29(22)37-27-14-6-3-11-23(27)24-12-4-7-15-28(24)37)35-36-34-32(39-35)20-19-31-33(34)26-13-5-8-16-30(26)38-31/h1-20H. The van der Waals surface area contributed by atoms with Crippen LogP contribution in [0.3, 0.4) is 0 Å². The van der Waals surface area contributed by atoms with Crippen molar-refractivity contribution in [3.63, 3.8) is 0 Å². The second kappa shape index (κ2) is 7.79. The molecule has 0 bridgehead atoms. The van der Waals surface area contributed by atoms with Crippen molar-refractivity contribution in [3.05, 3.63) is 121 Å². The fourth-order valence-electron chi connectivity index (χ4n) is 6.16. The lowest BCUT2D eigenvalue weighted by atomic mass is 10.0. The van der Waals surface area contributed by atoms with Crippen LogP contribution in [0.25, 0.3) is 81.0 Å². The van der Waals surface area contributed by atoms with E-state index < -0.39 is 0 Å². The van der Waals surface area contributed by atoms with Crippen LogP contribution in [0.2, 0.25) is 0 Å². The van der Waals surface area contributed by atoms with Crippen LogP contribution in [-0.2, 0) is 0 Å². The van der Waals surface area contributed by atoms with Crippen LogP contribution in [0.1, 0.15) is 0 Å². The summed E-state index contributed by atoms with van der Waals surface area (Å²) in [6.07, 6.45) is 0. The van der Waals surface area contributed by atoms with E-state index in [0.29, 0.717) is 0 Å². The Morgan fingerprint density at radius 2 is 1.18 bits per heavy atom. The Bertz CT molecular complexity index is 2350. The summed E-state index contributed by atoms with van der Waals surface area (Å²) in [6.45, 7) is 0. The van der Waals surface area contributed by atoms with Gasteiger partial charge in [0.2, 0.25) is 0 Å². The van der Waals surface area contributed by atoms with Gasteiger partial charge in [-0.25, -0.2) is 4.98 Å². The van der Waals surface area contributed by atoms with Gasteiger partial charge in [0.25, 0.3) is 0 Å². The molecule has 0 spiro atoms. The number of furan rings is 1. The summed E-state index contributed by atoms with van der Waals surface area (Å²) in [5, 5.41) is 8.17. The van der Waals surface area contributed by atoms with Crippen molar-refractivity contribution in [2.45, 2.75) is 0 Å². The molecule has 3 aromatic heterocycles. The van der Waals surface area contributed by atoms with E-state index in [-0.39, 0.29) is 0 Å². The topological polar surface area (TPSA) is 31.0 Å². The number of hydrogen-bond donors (Lipinski definition) is 0. The van der Waals surface area contributed by atoms with Crippen LogP contribution in [0.4, 0.5) is 0 Å². The Morgan fingerprint density at radius 1 is 0.538 bits per heavy atom. The lowest BCUT2D eigenvalue weighted by Gasteiger charge is -2.13. The Balaban J connectivity index is 1.33. The first-order valence-electron chi connectivity index (χ1n) is 13.1. The zero-order valence-corrected chi connectivity index (χ0v) is 21.6. The van der Waals surface area contributed by atoms with Gasteiger partial charge in [-0.05, 0) is 47.9 Å². The smallest absolute Gasteiger partial charge is 0.137 e. The first-order valence-corrected chi connectivity index (χ1v) is 13.9. The van der Waals surface area contributed by atoms with E-state index in [2.05, 4.69) is 114 Å².